The summed E-state index contributed by atoms with van der Waals surface area (Å²) in [4.78, 5) is 12.1. The first kappa shape index (κ1) is 14.8. The number of amides is 1. The van der Waals surface area contributed by atoms with Crippen LogP contribution in [0.2, 0.25) is 0 Å². The third-order valence-electron chi connectivity index (χ3n) is 3.76. The van der Waals surface area contributed by atoms with E-state index >= 15 is 0 Å². The predicted octanol–water partition coefficient (Wildman–Crippen LogP) is 3.29. The Labute approximate surface area is 119 Å². The van der Waals surface area contributed by atoms with Crippen LogP contribution < -0.4 is 10.1 Å². The molecule has 0 heterocycles. The van der Waals surface area contributed by atoms with Crippen molar-refractivity contribution in [2.75, 3.05) is 0 Å². The van der Waals surface area contributed by atoms with Crippen LogP contribution >= 0.6 is 0 Å². The lowest BCUT2D eigenvalue weighted by Crippen LogP contribution is -2.44. The van der Waals surface area contributed by atoms with Gasteiger partial charge in [0, 0.05) is 12.1 Å². The van der Waals surface area contributed by atoms with Crippen LogP contribution in [0.4, 0.5) is 4.39 Å². The Balaban J connectivity index is 1.85. The number of benzene rings is 1. The largest absolute Gasteiger partial charge is 0.481 e. The lowest BCUT2D eigenvalue weighted by Gasteiger charge is -2.28. The van der Waals surface area contributed by atoms with Gasteiger partial charge in [-0.3, -0.25) is 4.79 Å². The zero-order valence-electron chi connectivity index (χ0n) is 12.1. The predicted molar refractivity (Wildman–Crippen MR) is 76.1 cm³/mol. The Kier molecular flexibility index (Phi) is 4.99. The van der Waals surface area contributed by atoms with Crippen molar-refractivity contribution < 1.29 is 13.9 Å². The van der Waals surface area contributed by atoms with Gasteiger partial charge in [-0.1, -0.05) is 25.8 Å². The third-order valence-corrected chi connectivity index (χ3v) is 3.76. The van der Waals surface area contributed by atoms with Crippen LogP contribution in [-0.2, 0) is 4.79 Å². The van der Waals surface area contributed by atoms with Crippen LogP contribution in [0, 0.1) is 11.7 Å². The van der Waals surface area contributed by atoms with E-state index in [0.29, 0.717) is 11.7 Å². The number of carbonyl (C=O) groups is 1. The van der Waals surface area contributed by atoms with Gasteiger partial charge in [-0.25, -0.2) is 4.39 Å². The first-order chi connectivity index (χ1) is 9.54. The van der Waals surface area contributed by atoms with Crippen LogP contribution in [0.25, 0.3) is 0 Å². The van der Waals surface area contributed by atoms with Crippen LogP contribution in [0.5, 0.6) is 5.75 Å². The van der Waals surface area contributed by atoms with Gasteiger partial charge in [-0.2, -0.15) is 0 Å². The van der Waals surface area contributed by atoms with Gasteiger partial charge < -0.3 is 10.1 Å². The molecule has 1 N–H and O–H groups in total. The molecule has 20 heavy (non-hydrogen) atoms. The van der Waals surface area contributed by atoms with Crippen LogP contribution in [0.15, 0.2) is 24.3 Å². The van der Waals surface area contributed by atoms with Crippen molar-refractivity contribution in [1.82, 2.24) is 5.32 Å². The zero-order chi connectivity index (χ0) is 14.5. The van der Waals surface area contributed by atoms with E-state index in [1.807, 2.05) is 0 Å². The summed E-state index contributed by atoms with van der Waals surface area (Å²) in [6.07, 6.45) is 3.84. The van der Waals surface area contributed by atoms with Crippen molar-refractivity contribution >= 4 is 5.91 Å². The molecule has 3 unspecified atom stereocenters. The average molecular weight is 279 g/mol. The molecule has 1 aliphatic carbocycles. The maximum atomic E-state index is 13.1. The summed E-state index contributed by atoms with van der Waals surface area (Å²) in [6.45, 7) is 3.90. The van der Waals surface area contributed by atoms with E-state index in [4.69, 9.17) is 4.74 Å². The summed E-state index contributed by atoms with van der Waals surface area (Å²) in [5.74, 6) is 0.544. The molecule has 0 radical (unpaired) electrons. The first-order valence-corrected chi connectivity index (χ1v) is 7.27. The molecule has 0 saturated heterocycles. The Morgan fingerprint density at radius 1 is 1.45 bits per heavy atom. The summed E-state index contributed by atoms with van der Waals surface area (Å²) in [6, 6.07) is 6.09. The SMILES string of the molecule is CC1CCCC(NC(=O)C(C)Oc2cccc(F)c2)C1. The molecule has 3 atom stereocenters. The van der Waals surface area contributed by atoms with E-state index in [0.717, 1.165) is 19.3 Å². The minimum atomic E-state index is -0.617. The number of rotatable bonds is 4. The molecule has 4 heteroatoms. The highest BCUT2D eigenvalue weighted by molar-refractivity contribution is 5.81. The molecule has 1 saturated carbocycles. The van der Waals surface area contributed by atoms with Gasteiger partial charge in [0.25, 0.3) is 5.91 Å². The van der Waals surface area contributed by atoms with E-state index in [1.165, 1.54) is 18.6 Å². The molecule has 0 spiro atoms. The molecule has 1 fully saturated rings. The highest BCUT2D eigenvalue weighted by Gasteiger charge is 2.23. The van der Waals surface area contributed by atoms with E-state index in [9.17, 15) is 9.18 Å². The molecule has 0 bridgehead atoms. The minimum Gasteiger partial charge on any atom is -0.481 e. The van der Waals surface area contributed by atoms with Crippen molar-refractivity contribution in [3.63, 3.8) is 0 Å². The van der Waals surface area contributed by atoms with Crippen molar-refractivity contribution in [3.8, 4) is 5.75 Å². The van der Waals surface area contributed by atoms with Gasteiger partial charge in [0.15, 0.2) is 6.10 Å². The van der Waals surface area contributed by atoms with Gasteiger partial charge in [0.05, 0.1) is 0 Å². The second-order valence-corrected chi connectivity index (χ2v) is 5.69. The molecule has 0 aromatic heterocycles. The lowest BCUT2D eigenvalue weighted by molar-refractivity contribution is -0.128. The highest BCUT2D eigenvalue weighted by atomic mass is 19.1. The van der Waals surface area contributed by atoms with Gasteiger partial charge in [0.2, 0.25) is 0 Å². The normalized spacial score (nSPS) is 23.9. The summed E-state index contributed by atoms with van der Waals surface area (Å²) in [5, 5.41) is 3.03. The lowest BCUT2D eigenvalue weighted by atomic mass is 9.87. The fourth-order valence-electron chi connectivity index (χ4n) is 2.68. The Hall–Kier alpha value is -1.58. The molecule has 1 aromatic carbocycles. The maximum Gasteiger partial charge on any atom is 0.260 e. The molecular formula is C16H22FNO2. The molecule has 1 aromatic rings. The average Bonchev–Trinajstić information content (AvgIpc) is 2.38. The summed E-state index contributed by atoms with van der Waals surface area (Å²) < 4.78 is 18.5. The van der Waals surface area contributed by atoms with E-state index in [-0.39, 0.29) is 17.8 Å². The van der Waals surface area contributed by atoms with Gasteiger partial charge >= 0.3 is 0 Å². The molecular weight excluding hydrogens is 257 g/mol. The van der Waals surface area contributed by atoms with E-state index in [1.54, 1.807) is 19.1 Å². The molecule has 2 rings (SSSR count). The summed E-state index contributed by atoms with van der Waals surface area (Å²) in [7, 11) is 0. The number of halogens is 1. The molecule has 110 valence electrons. The Morgan fingerprint density at radius 3 is 2.95 bits per heavy atom. The number of hydrogen-bond donors (Lipinski definition) is 1. The maximum absolute atomic E-state index is 13.1. The summed E-state index contributed by atoms with van der Waals surface area (Å²) >= 11 is 0. The Morgan fingerprint density at radius 2 is 2.25 bits per heavy atom. The fourth-order valence-corrected chi connectivity index (χ4v) is 2.68. The number of ether oxygens (including phenoxy) is 1. The van der Waals surface area contributed by atoms with Crippen molar-refractivity contribution in [2.24, 2.45) is 5.92 Å². The topological polar surface area (TPSA) is 38.3 Å². The zero-order valence-corrected chi connectivity index (χ0v) is 12.1. The summed E-state index contributed by atoms with van der Waals surface area (Å²) in [5.41, 5.74) is 0. The van der Waals surface area contributed by atoms with E-state index in [2.05, 4.69) is 12.2 Å². The smallest absolute Gasteiger partial charge is 0.260 e. The molecule has 0 aliphatic heterocycles. The van der Waals surface area contributed by atoms with Gasteiger partial charge in [-0.05, 0) is 37.8 Å². The third kappa shape index (κ3) is 4.22. The van der Waals surface area contributed by atoms with E-state index < -0.39 is 6.10 Å². The van der Waals surface area contributed by atoms with Gasteiger partial charge in [-0.15, -0.1) is 0 Å². The number of hydrogen-bond acceptors (Lipinski definition) is 2. The molecule has 1 aliphatic rings. The fraction of sp³-hybridized carbons (Fsp3) is 0.562. The van der Waals surface area contributed by atoms with Crippen molar-refractivity contribution in [2.45, 2.75) is 51.7 Å². The first-order valence-electron chi connectivity index (χ1n) is 7.27. The van der Waals surface area contributed by atoms with Gasteiger partial charge in [0.1, 0.15) is 11.6 Å². The van der Waals surface area contributed by atoms with Crippen LogP contribution in [0.3, 0.4) is 0 Å². The second kappa shape index (κ2) is 6.73. The standard InChI is InChI=1S/C16H22FNO2/c1-11-5-3-7-14(9-11)18-16(19)12(2)20-15-8-4-6-13(17)10-15/h4,6,8,10-12,14H,3,5,7,9H2,1-2H3,(H,18,19). The quantitative estimate of drug-likeness (QED) is 0.918. The number of carbonyl (C=O) groups excluding carboxylic acids is 1. The Bertz CT molecular complexity index is 464. The highest BCUT2D eigenvalue weighted by Crippen LogP contribution is 2.23. The van der Waals surface area contributed by atoms with Crippen LogP contribution in [0.1, 0.15) is 39.5 Å². The monoisotopic (exact) mass is 279 g/mol. The van der Waals surface area contributed by atoms with Crippen molar-refractivity contribution in [3.05, 3.63) is 30.1 Å². The second-order valence-electron chi connectivity index (χ2n) is 5.69. The van der Waals surface area contributed by atoms with Crippen molar-refractivity contribution in [1.29, 1.82) is 0 Å². The minimum absolute atomic E-state index is 0.131. The van der Waals surface area contributed by atoms with Crippen LogP contribution in [-0.4, -0.2) is 18.1 Å². The molecule has 3 nitrogen and oxygen atoms in total. The molecule has 1 amide bonds. The number of nitrogens with one attached hydrogen (secondary N) is 1.